The molecular weight excluding hydrogens is 256 g/mol. The summed E-state index contributed by atoms with van der Waals surface area (Å²) in [6.45, 7) is 1.13. The highest BCUT2D eigenvalue weighted by Gasteiger charge is 2.24. The molecule has 1 aromatic carbocycles. The lowest BCUT2D eigenvalue weighted by Gasteiger charge is -2.25. The lowest BCUT2D eigenvalue weighted by atomic mass is 10.1. The predicted octanol–water partition coefficient (Wildman–Crippen LogP) is 1.94. The van der Waals surface area contributed by atoms with Crippen molar-refractivity contribution in [3.63, 3.8) is 0 Å². The van der Waals surface area contributed by atoms with E-state index < -0.39 is 0 Å². The van der Waals surface area contributed by atoms with Gasteiger partial charge < -0.3 is 15.7 Å². The quantitative estimate of drug-likeness (QED) is 0.824. The van der Waals surface area contributed by atoms with Gasteiger partial charge in [-0.15, -0.1) is 0 Å². The minimum Gasteiger partial charge on any atom is -0.394 e. The second-order valence-electron chi connectivity index (χ2n) is 4.20. The van der Waals surface area contributed by atoms with Gasteiger partial charge in [0.15, 0.2) is 0 Å². The highest BCUT2D eigenvalue weighted by atomic mass is 35.5. The SMILES string of the molecule is NC(=S)c1ccc(N2CCCC2CO)cc1Cl. The van der Waals surface area contributed by atoms with Crippen molar-refractivity contribution in [1.82, 2.24) is 0 Å². The summed E-state index contributed by atoms with van der Waals surface area (Å²) in [5.41, 5.74) is 7.28. The third-order valence-corrected chi connectivity index (χ3v) is 3.67. The molecule has 3 N–H and O–H groups in total. The molecule has 92 valence electrons. The van der Waals surface area contributed by atoms with E-state index in [1.807, 2.05) is 18.2 Å². The molecule has 1 atom stereocenters. The molecule has 0 spiro atoms. The van der Waals surface area contributed by atoms with E-state index in [4.69, 9.17) is 29.6 Å². The fourth-order valence-corrected chi connectivity index (χ4v) is 2.76. The van der Waals surface area contributed by atoms with Gasteiger partial charge in [0.1, 0.15) is 4.99 Å². The van der Waals surface area contributed by atoms with Gasteiger partial charge >= 0.3 is 0 Å². The topological polar surface area (TPSA) is 49.5 Å². The Morgan fingerprint density at radius 1 is 1.59 bits per heavy atom. The summed E-state index contributed by atoms with van der Waals surface area (Å²) in [7, 11) is 0. The molecule has 1 aliphatic heterocycles. The Hall–Kier alpha value is -0.840. The second-order valence-corrected chi connectivity index (χ2v) is 5.05. The normalized spacial score (nSPS) is 19.6. The second kappa shape index (κ2) is 5.21. The highest BCUT2D eigenvalue weighted by molar-refractivity contribution is 7.80. The fraction of sp³-hybridized carbons (Fsp3) is 0.417. The molecule has 17 heavy (non-hydrogen) atoms. The molecule has 2 rings (SSSR count). The van der Waals surface area contributed by atoms with Gasteiger partial charge in [0.05, 0.1) is 17.7 Å². The number of anilines is 1. The van der Waals surface area contributed by atoms with Crippen LogP contribution in [0, 0.1) is 0 Å². The molecule has 5 heteroatoms. The first-order valence-electron chi connectivity index (χ1n) is 5.60. The van der Waals surface area contributed by atoms with Crippen LogP contribution in [0.25, 0.3) is 0 Å². The summed E-state index contributed by atoms with van der Waals surface area (Å²) >= 11 is 11.1. The Labute approximate surface area is 111 Å². The number of aliphatic hydroxyl groups is 1. The van der Waals surface area contributed by atoms with E-state index >= 15 is 0 Å². The molecule has 0 saturated carbocycles. The third kappa shape index (κ3) is 2.54. The molecule has 1 saturated heterocycles. The van der Waals surface area contributed by atoms with Gasteiger partial charge in [-0.1, -0.05) is 23.8 Å². The minimum atomic E-state index is 0.175. The molecule has 0 aliphatic carbocycles. The van der Waals surface area contributed by atoms with Crippen LogP contribution in [0.1, 0.15) is 18.4 Å². The molecule has 1 heterocycles. The molecular formula is C12H15ClN2OS. The van der Waals surface area contributed by atoms with Crippen molar-refractivity contribution in [1.29, 1.82) is 0 Å². The van der Waals surface area contributed by atoms with Crippen LogP contribution in [0.2, 0.25) is 5.02 Å². The van der Waals surface area contributed by atoms with Gasteiger partial charge in [-0.3, -0.25) is 0 Å². The zero-order chi connectivity index (χ0) is 12.4. The van der Waals surface area contributed by atoms with Crippen LogP contribution in [0.5, 0.6) is 0 Å². The molecule has 1 aliphatic rings. The van der Waals surface area contributed by atoms with Crippen molar-refractivity contribution in [3.05, 3.63) is 28.8 Å². The standard InChI is InChI=1S/C12H15ClN2OS/c13-11-6-8(3-4-10(11)12(14)17)15-5-1-2-9(15)7-16/h3-4,6,9,16H,1-2,5,7H2,(H2,14,17). The first-order valence-corrected chi connectivity index (χ1v) is 6.39. The van der Waals surface area contributed by atoms with Crippen molar-refractivity contribution >= 4 is 34.5 Å². The van der Waals surface area contributed by atoms with E-state index in [-0.39, 0.29) is 12.6 Å². The van der Waals surface area contributed by atoms with E-state index in [1.54, 1.807) is 0 Å². The molecule has 0 bridgehead atoms. The third-order valence-electron chi connectivity index (χ3n) is 3.14. The van der Waals surface area contributed by atoms with Gasteiger partial charge in [0.25, 0.3) is 0 Å². The summed E-state index contributed by atoms with van der Waals surface area (Å²) in [5.74, 6) is 0. The summed E-state index contributed by atoms with van der Waals surface area (Å²) in [6.07, 6.45) is 2.12. The molecule has 3 nitrogen and oxygen atoms in total. The zero-order valence-electron chi connectivity index (χ0n) is 9.40. The van der Waals surface area contributed by atoms with Crippen molar-refractivity contribution in [2.45, 2.75) is 18.9 Å². The van der Waals surface area contributed by atoms with Crippen molar-refractivity contribution in [2.75, 3.05) is 18.1 Å². The lowest BCUT2D eigenvalue weighted by molar-refractivity contribution is 0.266. The van der Waals surface area contributed by atoms with E-state index in [0.717, 1.165) is 25.1 Å². The summed E-state index contributed by atoms with van der Waals surface area (Å²) in [6, 6.07) is 5.85. The highest BCUT2D eigenvalue weighted by Crippen LogP contribution is 2.29. The van der Waals surface area contributed by atoms with Gasteiger partial charge in [-0.25, -0.2) is 0 Å². The Bertz CT molecular complexity index is 439. The van der Waals surface area contributed by atoms with Gasteiger partial charge in [0, 0.05) is 17.8 Å². The van der Waals surface area contributed by atoms with Crippen LogP contribution < -0.4 is 10.6 Å². The van der Waals surface area contributed by atoms with E-state index in [0.29, 0.717) is 15.6 Å². The number of rotatable bonds is 3. The molecule has 1 fully saturated rings. The smallest absolute Gasteiger partial charge is 0.105 e. The van der Waals surface area contributed by atoms with E-state index in [2.05, 4.69) is 4.90 Å². The Morgan fingerprint density at radius 3 is 2.94 bits per heavy atom. The van der Waals surface area contributed by atoms with Crippen molar-refractivity contribution in [3.8, 4) is 0 Å². The minimum absolute atomic E-state index is 0.175. The molecule has 1 aromatic rings. The molecule has 0 radical (unpaired) electrons. The summed E-state index contributed by atoms with van der Waals surface area (Å²) < 4.78 is 0. The van der Waals surface area contributed by atoms with E-state index in [1.165, 1.54) is 0 Å². The van der Waals surface area contributed by atoms with Gasteiger partial charge in [-0.2, -0.15) is 0 Å². The zero-order valence-corrected chi connectivity index (χ0v) is 11.0. The lowest BCUT2D eigenvalue weighted by Crippen LogP contribution is -2.32. The average molecular weight is 271 g/mol. The first kappa shape index (κ1) is 12.6. The Kier molecular flexibility index (Phi) is 3.86. The fourth-order valence-electron chi connectivity index (χ4n) is 2.25. The summed E-state index contributed by atoms with van der Waals surface area (Å²) in [4.78, 5) is 2.48. The maximum absolute atomic E-state index is 9.29. The van der Waals surface area contributed by atoms with Crippen LogP contribution in [-0.2, 0) is 0 Å². The van der Waals surface area contributed by atoms with Crippen LogP contribution in [0.4, 0.5) is 5.69 Å². The van der Waals surface area contributed by atoms with Crippen LogP contribution >= 0.6 is 23.8 Å². The Morgan fingerprint density at radius 2 is 2.35 bits per heavy atom. The maximum atomic E-state index is 9.29. The first-order chi connectivity index (χ1) is 8.13. The number of aliphatic hydroxyl groups excluding tert-OH is 1. The summed E-state index contributed by atoms with van der Waals surface area (Å²) in [5, 5.41) is 9.86. The largest absolute Gasteiger partial charge is 0.394 e. The number of benzene rings is 1. The van der Waals surface area contributed by atoms with Crippen molar-refractivity contribution < 1.29 is 5.11 Å². The van der Waals surface area contributed by atoms with Gasteiger partial charge in [0.2, 0.25) is 0 Å². The predicted molar refractivity (Wildman–Crippen MR) is 74.8 cm³/mol. The van der Waals surface area contributed by atoms with Gasteiger partial charge in [-0.05, 0) is 31.0 Å². The van der Waals surface area contributed by atoms with Crippen LogP contribution in [0.3, 0.4) is 0 Å². The number of hydrogen-bond donors (Lipinski definition) is 2. The van der Waals surface area contributed by atoms with E-state index in [9.17, 15) is 5.11 Å². The van der Waals surface area contributed by atoms with Crippen molar-refractivity contribution in [2.24, 2.45) is 5.73 Å². The van der Waals surface area contributed by atoms with Crippen LogP contribution in [-0.4, -0.2) is 29.3 Å². The molecule has 1 unspecified atom stereocenters. The monoisotopic (exact) mass is 270 g/mol. The number of hydrogen-bond acceptors (Lipinski definition) is 3. The number of thiocarbonyl (C=S) groups is 1. The maximum Gasteiger partial charge on any atom is 0.105 e. The Balaban J connectivity index is 2.28. The average Bonchev–Trinajstić information content (AvgIpc) is 2.76. The number of nitrogens with zero attached hydrogens (tertiary/aromatic N) is 1. The molecule has 0 aromatic heterocycles. The number of nitrogens with two attached hydrogens (primary N) is 1. The number of halogens is 1. The molecule has 0 amide bonds. The van der Waals surface area contributed by atoms with Crippen LogP contribution in [0.15, 0.2) is 18.2 Å².